The highest BCUT2D eigenvalue weighted by atomic mass is 32.1. The third-order valence-electron chi connectivity index (χ3n) is 10.4. The number of carbonyl (C=O) groups excluding carboxylic acids is 2. The Hall–Kier alpha value is -7.67. The molecule has 0 saturated heterocycles. The second-order valence-electron chi connectivity index (χ2n) is 14.3. The van der Waals surface area contributed by atoms with Crippen LogP contribution in [0.5, 0.6) is 0 Å². The molecule has 6 heterocycles. The molecular formula is C49H34N8O2S2. The predicted molar refractivity (Wildman–Crippen MR) is 246 cm³/mol. The summed E-state index contributed by atoms with van der Waals surface area (Å²) in [4.78, 5) is 56.9. The molecule has 1 aliphatic heterocycles. The minimum Gasteiger partial charge on any atom is -0.340 e. The zero-order chi connectivity index (χ0) is 41.5. The van der Waals surface area contributed by atoms with Gasteiger partial charge in [-0.1, -0.05) is 72.8 Å². The van der Waals surface area contributed by atoms with E-state index >= 15 is 0 Å². The third kappa shape index (κ3) is 7.13. The number of aliphatic imine (C=N–C) groups is 1. The highest BCUT2D eigenvalue weighted by molar-refractivity contribution is 7.21. The number of rotatable bonds is 8. The van der Waals surface area contributed by atoms with Crippen molar-refractivity contribution in [2.75, 3.05) is 5.32 Å². The molecule has 10 nitrogen and oxygen atoms in total. The summed E-state index contributed by atoms with van der Waals surface area (Å²) in [6, 6.07) is 42.3. The number of nitrogens with zero attached hydrogens (tertiary/aromatic N) is 5. The standard InChI is InChI=1S/C49H34N8O2S2/c1-28-15-3-5-17-30(28)46(58)56-44-42(48-54-32-19-7-9-23-38(32)60-48)40(34-21-11-13-25-50-34)36(52-44)27-37-41(35-22-12-14-26-51-35)43(49-55-33-20-8-10-24-39(33)61-49)45(53-37)57-47(59)31-18-6-4-16-29(31)2/h3-27,52H,1-2H3,(H,56,58)(H,53,57,59). The Balaban J connectivity index is 1.24. The number of aromatic nitrogens is 5. The molecule has 0 bridgehead atoms. The van der Waals surface area contributed by atoms with Crippen molar-refractivity contribution < 1.29 is 9.59 Å². The van der Waals surface area contributed by atoms with Gasteiger partial charge in [0.25, 0.3) is 11.8 Å². The normalized spacial score (nSPS) is 13.3. The largest absolute Gasteiger partial charge is 0.340 e. The van der Waals surface area contributed by atoms with Gasteiger partial charge < -0.3 is 15.6 Å². The molecule has 294 valence electrons. The van der Waals surface area contributed by atoms with Crippen molar-refractivity contribution in [1.29, 1.82) is 0 Å². The molecule has 9 aromatic rings. The number of anilines is 1. The first-order valence-corrected chi connectivity index (χ1v) is 21.1. The van der Waals surface area contributed by atoms with Gasteiger partial charge in [0, 0.05) is 34.7 Å². The van der Waals surface area contributed by atoms with Gasteiger partial charge in [-0.2, -0.15) is 0 Å². The molecule has 0 saturated carbocycles. The molecule has 1 aliphatic rings. The fourth-order valence-corrected chi connectivity index (χ4v) is 9.51. The lowest BCUT2D eigenvalue weighted by Crippen LogP contribution is -2.31. The molecule has 0 spiro atoms. The van der Waals surface area contributed by atoms with Crippen LogP contribution in [0.1, 0.15) is 48.2 Å². The molecule has 5 aromatic heterocycles. The summed E-state index contributed by atoms with van der Waals surface area (Å²) in [5.41, 5.74) is 9.52. The smallest absolute Gasteiger partial charge is 0.257 e. The molecule has 0 unspecified atom stereocenters. The zero-order valence-corrected chi connectivity index (χ0v) is 34.4. The Morgan fingerprint density at radius 3 is 1.72 bits per heavy atom. The van der Waals surface area contributed by atoms with E-state index < -0.39 is 0 Å². The Kier molecular flexibility index (Phi) is 9.75. The molecule has 61 heavy (non-hydrogen) atoms. The number of thiazole rings is 2. The number of amides is 2. The molecule has 10 rings (SSSR count). The van der Waals surface area contributed by atoms with Gasteiger partial charge in [0.15, 0.2) is 0 Å². The summed E-state index contributed by atoms with van der Waals surface area (Å²) in [5.74, 6) is 0.209. The summed E-state index contributed by atoms with van der Waals surface area (Å²) in [7, 11) is 0. The fraction of sp³-hybridized carbons (Fsp3) is 0.0408. The van der Waals surface area contributed by atoms with Gasteiger partial charge in [0.1, 0.15) is 21.7 Å². The van der Waals surface area contributed by atoms with E-state index in [0.717, 1.165) is 31.6 Å². The number of aromatic amines is 1. The first kappa shape index (κ1) is 37.6. The monoisotopic (exact) mass is 830 g/mol. The van der Waals surface area contributed by atoms with E-state index in [4.69, 9.17) is 24.9 Å². The van der Waals surface area contributed by atoms with Crippen molar-refractivity contribution in [3.05, 3.63) is 190 Å². The van der Waals surface area contributed by atoms with Crippen molar-refractivity contribution in [3.63, 3.8) is 0 Å². The first-order chi connectivity index (χ1) is 29.9. The Labute approximate surface area is 358 Å². The van der Waals surface area contributed by atoms with E-state index in [0.29, 0.717) is 77.8 Å². The van der Waals surface area contributed by atoms with Crippen LogP contribution < -0.4 is 10.6 Å². The molecule has 2 amide bonds. The number of hydrogen-bond donors (Lipinski definition) is 3. The Morgan fingerprint density at radius 1 is 0.574 bits per heavy atom. The number of allylic oxidation sites excluding steroid dienone is 1. The van der Waals surface area contributed by atoms with Gasteiger partial charge in [-0.05, 0) is 91.7 Å². The molecular weight excluding hydrogens is 797 g/mol. The van der Waals surface area contributed by atoms with Crippen molar-refractivity contribution in [1.82, 2.24) is 30.2 Å². The quantitative estimate of drug-likeness (QED) is 0.139. The number of fused-ring (bicyclic) bond motifs is 2. The average molecular weight is 831 g/mol. The topological polar surface area (TPSA) is 138 Å². The van der Waals surface area contributed by atoms with Crippen LogP contribution in [0.25, 0.3) is 59.5 Å². The number of aryl methyl sites for hydroxylation is 2. The zero-order valence-electron chi connectivity index (χ0n) is 32.8. The average Bonchev–Trinajstić information content (AvgIpc) is 4.07. The minimum absolute atomic E-state index is 0.277. The number of para-hydroxylation sites is 2. The maximum Gasteiger partial charge on any atom is 0.257 e. The SMILES string of the molecule is Cc1ccccc1C(=O)NC1=NC(=Cc2[nH]c(NC(=O)c3ccccc3C)c(-c3nc4ccccc4s3)c2-c2ccccn2)C(c2ccccn2)=C1c1nc2ccccc2s1. The van der Waals surface area contributed by atoms with Crippen LogP contribution in [0.15, 0.2) is 157 Å². The van der Waals surface area contributed by atoms with Crippen LogP contribution in [0, 0.1) is 13.8 Å². The van der Waals surface area contributed by atoms with E-state index in [1.165, 1.54) is 22.7 Å². The molecule has 3 N–H and O–H groups in total. The van der Waals surface area contributed by atoms with E-state index in [-0.39, 0.29) is 11.8 Å². The summed E-state index contributed by atoms with van der Waals surface area (Å²) in [6.07, 6.45) is 5.40. The van der Waals surface area contributed by atoms with Crippen LogP contribution in [-0.2, 0) is 0 Å². The molecule has 0 aliphatic carbocycles. The predicted octanol–water partition coefficient (Wildman–Crippen LogP) is 11.0. The van der Waals surface area contributed by atoms with Gasteiger partial charge in [0.05, 0.1) is 54.3 Å². The lowest BCUT2D eigenvalue weighted by Gasteiger charge is -2.10. The number of pyridine rings is 2. The summed E-state index contributed by atoms with van der Waals surface area (Å²) in [6.45, 7) is 3.82. The van der Waals surface area contributed by atoms with Crippen LogP contribution in [0.4, 0.5) is 5.82 Å². The van der Waals surface area contributed by atoms with Gasteiger partial charge in [-0.3, -0.25) is 19.6 Å². The van der Waals surface area contributed by atoms with Crippen LogP contribution in [0.3, 0.4) is 0 Å². The number of benzene rings is 4. The van der Waals surface area contributed by atoms with Gasteiger partial charge in [0.2, 0.25) is 0 Å². The third-order valence-corrected chi connectivity index (χ3v) is 12.5. The highest BCUT2D eigenvalue weighted by Crippen LogP contribution is 2.46. The maximum atomic E-state index is 14.1. The first-order valence-electron chi connectivity index (χ1n) is 19.5. The molecule has 0 radical (unpaired) electrons. The second kappa shape index (κ2) is 15.8. The van der Waals surface area contributed by atoms with E-state index in [1.807, 2.05) is 141 Å². The van der Waals surface area contributed by atoms with Crippen LogP contribution >= 0.6 is 22.7 Å². The van der Waals surface area contributed by atoms with Gasteiger partial charge >= 0.3 is 0 Å². The van der Waals surface area contributed by atoms with Crippen molar-refractivity contribution >= 4 is 83.8 Å². The maximum absolute atomic E-state index is 14.1. The molecule has 4 aromatic carbocycles. The summed E-state index contributed by atoms with van der Waals surface area (Å²) >= 11 is 3.04. The van der Waals surface area contributed by atoms with Crippen molar-refractivity contribution in [3.8, 4) is 21.8 Å². The Bertz CT molecular complexity index is 3200. The highest BCUT2D eigenvalue weighted by Gasteiger charge is 2.33. The van der Waals surface area contributed by atoms with Gasteiger partial charge in [-0.15, -0.1) is 22.7 Å². The molecule has 0 atom stereocenters. The van der Waals surface area contributed by atoms with Crippen molar-refractivity contribution in [2.45, 2.75) is 13.8 Å². The number of carbonyl (C=O) groups is 2. The number of nitrogens with one attached hydrogen (secondary N) is 3. The van der Waals surface area contributed by atoms with Crippen molar-refractivity contribution in [2.24, 2.45) is 4.99 Å². The molecule has 0 fully saturated rings. The van der Waals surface area contributed by atoms with Crippen LogP contribution in [0.2, 0.25) is 0 Å². The van der Waals surface area contributed by atoms with E-state index in [9.17, 15) is 9.59 Å². The van der Waals surface area contributed by atoms with Crippen LogP contribution in [-0.4, -0.2) is 42.6 Å². The van der Waals surface area contributed by atoms with E-state index in [1.54, 1.807) is 24.5 Å². The van der Waals surface area contributed by atoms with Gasteiger partial charge in [-0.25, -0.2) is 15.0 Å². The van der Waals surface area contributed by atoms with E-state index in [2.05, 4.69) is 15.6 Å². The second-order valence-corrected chi connectivity index (χ2v) is 16.4. The minimum atomic E-state index is -0.301. The number of hydrogen-bond acceptors (Lipinski definition) is 9. The molecule has 12 heteroatoms. The number of H-pyrrole nitrogens is 1. The summed E-state index contributed by atoms with van der Waals surface area (Å²) in [5, 5.41) is 7.73. The number of amidine groups is 1. The lowest BCUT2D eigenvalue weighted by molar-refractivity contribution is 0.0975. The Morgan fingerprint density at radius 2 is 1.11 bits per heavy atom. The fourth-order valence-electron chi connectivity index (χ4n) is 7.47. The summed E-state index contributed by atoms with van der Waals surface area (Å²) < 4.78 is 1.99. The lowest BCUT2D eigenvalue weighted by atomic mass is 10.00.